The van der Waals surface area contributed by atoms with Crippen LogP contribution in [-0.4, -0.2) is 43.7 Å². The van der Waals surface area contributed by atoms with Gasteiger partial charge in [-0.25, -0.2) is 4.98 Å². The highest BCUT2D eigenvalue weighted by Gasteiger charge is 2.42. The van der Waals surface area contributed by atoms with E-state index in [9.17, 15) is 4.79 Å². The van der Waals surface area contributed by atoms with Crippen molar-refractivity contribution >= 4 is 11.7 Å². The molecule has 2 aromatic rings. The Kier molecular flexibility index (Phi) is 4.36. The van der Waals surface area contributed by atoms with Crippen LogP contribution in [0.15, 0.2) is 18.3 Å². The van der Waals surface area contributed by atoms with Gasteiger partial charge in [-0.3, -0.25) is 4.79 Å². The van der Waals surface area contributed by atoms with E-state index in [1.165, 1.54) is 17.6 Å². The van der Waals surface area contributed by atoms with Gasteiger partial charge < -0.3 is 10.6 Å². The molecule has 3 heterocycles. The van der Waals surface area contributed by atoms with Gasteiger partial charge in [0.15, 0.2) is 5.54 Å². The molecule has 1 amide bonds. The van der Waals surface area contributed by atoms with Crippen molar-refractivity contribution in [2.24, 2.45) is 5.41 Å². The summed E-state index contributed by atoms with van der Waals surface area (Å²) in [5.74, 6) is 1.20. The number of tetrazole rings is 1. The third-order valence-electron chi connectivity index (χ3n) is 5.97. The summed E-state index contributed by atoms with van der Waals surface area (Å²) < 4.78 is 0. The highest BCUT2D eigenvalue weighted by molar-refractivity contribution is 5.85. The molecule has 144 valence electrons. The Labute approximate surface area is 159 Å². The van der Waals surface area contributed by atoms with Gasteiger partial charge >= 0.3 is 0 Å². The van der Waals surface area contributed by atoms with Crippen LogP contribution in [0.1, 0.15) is 52.9 Å². The number of hydrogen-bond donors (Lipinski definition) is 2. The van der Waals surface area contributed by atoms with Crippen LogP contribution in [-0.2, 0) is 10.3 Å². The predicted octanol–water partition coefficient (Wildman–Crippen LogP) is 2.35. The fraction of sp³-hybridized carbons (Fsp3) is 0.632. The summed E-state index contributed by atoms with van der Waals surface area (Å²) in [7, 11) is 0. The third-order valence-corrected chi connectivity index (χ3v) is 5.97. The van der Waals surface area contributed by atoms with Gasteiger partial charge in [-0.15, -0.1) is 15.0 Å². The number of carbonyl (C=O) groups excluding carboxylic acids is 1. The van der Waals surface area contributed by atoms with Crippen LogP contribution in [0.2, 0.25) is 0 Å². The Morgan fingerprint density at radius 1 is 1.22 bits per heavy atom. The number of rotatable bonds is 4. The molecule has 1 saturated carbocycles. The van der Waals surface area contributed by atoms with Crippen molar-refractivity contribution in [2.75, 3.05) is 11.9 Å². The first-order valence-corrected chi connectivity index (χ1v) is 9.68. The number of carbonyl (C=O) groups is 1. The first-order chi connectivity index (χ1) is 12.9. The van der Waals surface area contributed by atoms with Gasteiger partial charge in [0.25, 0.3) is 0 Å². The summed E-state index contributed by atoms with van der Waals surface area (Å²) in [6.07, 6.45) is 7.08. The molecule has 2 aromatic heterocycles. The van der Waals surface area contributed by atoms with Crippen LogP contribution in [0.5, 0.6) is 0 Å². The topological polar surface area (TPSA) is 97.6 Å². The quantitative estimate of drug-likeness (QED) is 0.858. The highest BCUT2D eigenvalue weighted by Crippen LogP contribution is 2.36. The molecule has 0 bridgehead atoms. The van der Waals surface area contributed by atoms with Gasteiger partial charge in [0, 0.05) is 25.2 Å². The molecule has 1 aliphatic carbocycles. The minimum atomic E-state index is -0.782. The Balaban J connectivity index is 1.56. The molecule has 8 nitrogen and oxygen atoms in total. The maximum Gasteiger partial charge on any atom is 0.249 e. The monoisotopic (exact) mass is 369 g/mol. The van der Waals surface area contributed by atoms with Gasteiger partial charge in [0.2, 0.25) is 11.7 Å². The van der Waals surface area contributed by atoms with Crippen molar-refractivity contribution in [2.45, 2.75) is 64.5 Å². The van der Waals surface area contributed by atoms with Crippen molar-refractivity contribution in [3.63, 3.8) is 0 Å². The molecule has 1 aliphatic heterocycles. The lowest BCUT2D eigenvalue weighted by molar-refractivity contribution is -0.126. The zero-order valence-electron chi connectivity index (χ0n) is 16.2. The molecule has 2 fully saturated rings. The molecule has 1 atom stereocenters. The van der Waals surface area contributed by atoms with E-state index in [0.29, 0.717) is 30.2 Å². The smallest absolute Gasteiger partial charge is 0.249 e. The summed E-state index contributed by atoms with van der Waals surface area (Å²) in [5.41, 5.74) is 0.457. The van der Waals surface area contributed by atoms with E-state index >= 15 is 0 Å². The van der Waals surface area contributed by atoms with E-state index in [2.05, 4.69) is 44.9 Å². The maximum atomic E-state index is 12.2. The van der Waals surface area contributed by atoms with Crippen molar-refractivity contribution in [1.29, 1.82) is 0 Å². The Morgan fingerprint density at radius 2 is 2.00 bits per heavy atom. The summed E-state index contributed by atoms with van der Waals surface area (Å²) in [6, 6.07) is 4.22. The second-order valence-electron chi connectivity index (χ2n) is 8.66. The second kappa shape index (κ2) is 6.58. The molecule has 8 heteroatoms. The standard InChI is InChI=1S/C19H27N7O/c1-18(2)8-6-13(7-9-18)22-15-14(5-4-11-20-15)16-23-25-26(24-16)19(3)10-12-21-17(19)27/h4-5,11,13H,6-10,12H2,1-3H3,(H,20,22)(H,21,27). The predicted molar refractivity (Wildman–Crippen MR) is 102 cm³/mol. The Morgan fingerprint density at radius 3 is 2.70 bits per heavy atom. The number of nitrogens with one attached hydrogen (secondary N) is 2. The fourth-order valence-corrected chi connectivity index (χ4v) is 3.88. The molecule has 2 aliphatic rings. The Bertz CT molecular complexity index is 836. The van der Waals surface area contributed by atoms with E-state index in [4.69, 9.17) is 0 Å². The summed E-state index contributed by atoms with van der Waals surface area (Å²) in [4.78, 5) is 18.1. The van der Waals surface area contributed by atoms with E-state index in [0.717, 1.165) is 24.2 Å². The molecule has 0 radical (unpaired) electrons. The first kappa shape index (κ1) is 17.9. The fourth-order valence-electron chi connectivity index (χ4n) is 3.88. The second-order valence-corrected chi connectivity index (χ2v) is 8.66. The van der Waals surface area contributed by atoms with Gasteiger partial charge in [-0.05, 0) is 55.4 Å². The number of anilines is 1. The number of amides is 1. The van der Waals surface area contributed by atoms with Crippen LogP contribution >= 0.6 is 0 Å². The van der Waals surface area contributed by atoms with Gasteiger partial charge in [0.1, 0.15) is 5.82 Å². The van der Waals surface area contributed by atoms with E-state index in [-0.39, 0.29) is 5.91 Å². The molecule has 1 saturated heterocycles. The van der Waals surface area contributed by atoms with Crippen LogP contribution in [0, 0.1) is 5.41 Å². The lowest BCUT2D eigenvalue weighted by Crippen LogP contribution is -2.40. The molecule has 27 heavy (non-hydrogen) atoms. The molecule has 0 spiro atoms. The lowest BCUT2D eigenvalue weighted by Gasteiger charge is -2.35. The number of aromatic nitrogens is 5. The zero-order valence-corrected chi connectivity index (χ0v) is 16.2. The number of nitrogens with zero attached hydrogens (tertiary/aromatic N) is 5. The van der Waals surface area contributed by atoms with Crippen molar-refractivity contribution in [1.82, 2.24) is 30.5 Å². The Hall–Kier alpha value is -2.51. The third kappa shape index (κ3) is 3.40. The van der Waals surface area contributed by atoms with Crippen LogP contribution < -0.4 is 10.6 Å². The maximum absolute atomic E-state index is 12.2. The summed E-state index contributed by atoms with van der Waals surface area (Å²) in [6.45, 7) is 7.13. The lowest BCUT2D eigenvalue weighted by atomic mass is 9.75. The molecule has 1 unspecified atom stereocenters. The number of hydrogen-bond acceptors (Lipinski definition) is 6. The molecular weight excluding hydrogens is 342 g/mol. The van der Waals surface area contributed by atoms with Crippen LogP contribution in [0.25, 0.3) is 11.4 Å². The van der Waals surface area contributed by atoms with E-state index in [1.54, 1.807) is 6.20 Å². The van der Waals surface area contributed by atoms with E-state index in [1.807, 2.05) is 19.1 Å². The molecule has 2 N–H and O–H groups in total. The van der Waals surface area contributed by atoms with Crippen LogP contribution in [0.4, 0.5) is 5.82 Å². The van der Waals surface area contributed by atoms with E-state index < -0.39 is 5.54 Å². The van der Waals surface area contributed by atoms with Crippen molar-refractivity contribution in [3.8, 4) is 11.4 Å². The summed E-state index contributed by atoms with van der Waals surface area (Å²) in [5, 5.41) is 19.3. The largest absolute Gasteiger partial charge is 0.367 e. The average molecular weight is 369 g/mol. The number of pyridine rings is 1. The van der Waals surface area contributed by atoms with Gasteiger partial charge in [-0.1, -0.05) is 13.8 Å². The minimum absolute atomic E-state index is 0.0687. The molecule has 0 aromatic carbocycles. The highest BCUT2D eigenvalue weighted by atomic mass is 16.2. The minimum Gasteiger partial charge on any atom is -0.367 e. The van der Waals surface area contributed by atoms with Crippen molar-refractivity contribution in [3.05, 3.63) is 18.3 Å². The SMILES string of the molecule is CC1(C)CCC(Nc2ncccc2-c2nnn(C3(C)CCNC3=O)n2)CC1. The van der Waals surface area contributed by atoms with Gasteiger partial charge in [0.05, 0.1) is 5.56 Å². The zero-order chi connectivity index (χ0) is 19.1. The van der Waals surface area contributed by atoms with Crippen molar-refractivity contribution < 1.29 is 4.79 Å². The van der Waals surface area contributed by atoms with Crippen LogP contribution in [0.3, 0.4) is 0 Å². The van der Waals surface area contributed by atoms with Gasteiger partial charge in [-0.2, -0.15) is 0 Å². The molecule has 4 rings (SSSR count). The first-order valence-electron chi connectivity index (χ1n) is 9.68. The molecular formula is C19H27N7O. The average Bonchev–Trinajstić information content (AvgIpc) is 3.26. The normalized spacial score (nSPS) is 25.4. The summed E-state index contributed by atoms with van der Waals surface area (Å²) >= 11 is 0.